The van der Waals surface area contributed by atoms with Gasteiger partial charge in [0.25, 0.3) is 0 Å². The Balaban J connectivity index is 0.801. The average Bonchev–Trinajstić information content (AvgIpc) is 1.56. The molecule has 0 N–H and O–H groups in total. The molecular formula is C94H69F3N2. The number of halogens is 3. The van der Waals surface area contributed by atoms with Crippen LogP contribution in [-0.4, -0.2) is 0 Å². The number of aryl methyl sites for hydroxylation is 1. The van der Waals surface area contributed by atoms with Crippen molar-refractivity contribution in [3.05, 3.63) is 420 Å². The maximum absolute atomic E-state index is 14.4. The van der Waals surface area contributed by atoms with Gasteiger partial charge in [0.1, 0.15) is 0 Å². The van der Waals surface area contributed by atoms with Gasteiger partial charge in [0.2, 0.25) is 0 Å². The van der Waals surface area contributed by atoms with Gasteiger partial charge in [-0.25, -0.2) is 0 Å². The fourth-order valence-corrected chi connectivity index (χ4v) is 15.5. The SMILES string of the molecule is C=Cc1ccc(CC2(c3ccc(C)cc3)c3ccccc3-c3ccc(N(c4ccc(-c5ccccc5)cc4)c4ccc(-c5ccc(N(c6ccc(-c7ccccc7)cc6)c6ccc7c(c6)C(Cc6ccc(C=C)cc6)(c6ccc(C(F)(F)F)cc6)c6ccccc6-7)cc5)cc4)cc32)cc1. The van der Waals surface area contributed by atoms with Gasteiger partial charge in [-0.2, -0.15) is 13.2 Å². The molecule has 0 saturated carbocycles. The van der Waals surface area contributed by atoms with Crippen LogP contribution in [0.5, 0.6) is 0 Å². The van der Waals surface area contributed by atoms with Crippen molar-refractivity contribution in [2.24, 2.45) is 0 Å². The highest BCUT2D eigenvalue weighted by Gasteiger charge is 2.47. The zero-order valence-corrected chi connectivity index (χ0v) is 54.8. The van der Waals surface area contributed by atoms with Gasteiger partial charge in [0.15, 0.2) is 0 Å². The molecular weight excluding hydrogens is 1210 g/mol. The fraction of sp³-hybridized carbons (Fsp3) is 0.0638. The summed E-state index contributed by atoms with van der Waals surface area (Å²) in [6.07, 6.45) is 0.504. The zero-order chi connectivity index (χ0) is 67.2. The van der Waals surface area contributed by atoms with E-state index in [1.165, 1.54) is 51.1 Å². The van der Waals surface area contributed by atoms with E-state index in [1.54, 1.807) is 12.1 Å². The minimum absolute atomic E-state index is 0.503. The van der Waals surface area contributed by atoms with E-state index < -0.39 is 22.6 Å². The molecule has 2 aliphatic rings. The summed E-state index contributed by atoms with van der Waals surface area (Å²) in [4.78, 5) is 4.69. The third-order valence-corrected chi connectivity index (χ3v) is 20.5. The van der Waals surface area contributed by atoms with Crippen molar-refractivity contribution in [2.45, 2.75) is 36.8 Å². The smallest absolute Gasteiger partial charge is 0.310 e. The molecule has 2 atom stereocenters. The first kappa shape index (κ1) is 61.8. The molecule has 0 aromatic heterocycles. The Kier molecular flexibility index (Phi) is 15.9. The zero-order valence-electron chi connectivity index (χ0n) is 54.8. The lowest BCUT2D eigenvalue weighted by Crippen LogP contribution is -2.30. The van der Waals surface area contributed by atoms with E-state index in [0.717, 1.165) is 118 Å². The van der Waals surface area contributed by atoms with Gasteiger partial charge in [0.05, 0.1) is 16.4 Å². The quantitative estimate of drug-likeness (QED) is 0.0896. The van der Waals surface area contributed by atoms with E-state index in [0.29, 0.717) is 6.42 Å². The van der Waals surface area contributed by atoms with Crippen LogP contribution in [0.4, 0.5) is 47.3 Å². The van der Waals surface area contributed by atoms with Gasteiger partial charge in [0, 0.05) is 34.1 Å². The van der Waals surface area contributed by atoms with Crippen LogP contribution in [0.15, 0.2) is 353 Å². The molecule has 0 radical (unpaired) electrons. The molecule has 0 saturated heterocycles. The Morgan fingerprint density at radius 1 is 0.303 bits per heavy atom. The van der Waals surface area contributed by atoms with Crippen LogP contribution in [0.1, 0.15) is 66.8 Å². The predicted molar refractivity (Wildman–Crippen MR) is 406 cm³/mol. The van der Waals surface area contributed by atoms with Gasteiger partial charge in [-0.15, -0.1) is 0 Å². The van der Waals surface area contributed by atoms with E-state index >= 15 is 0 Å². The van der Waals surface area contributed by atoms with Crippen molar-refractivity contribution < 1.29 is 13.2 Å². The second kappa shape index (κ2) is 25.5. The van der Waals surface area contributed by atoms with Gasteiger partial charge in [-0.3, -0.25) is 0 Å². The molecule has 99 heavy (non-hydrogen) atoms. The Hall–Kier alpha value is -12.1. The first-order valence-electron chi connectivity index (χ1n) is 33.7. The maximum Gasteiger partial charge on any atom is 0.416 e. The second-order valence-electron chi connectivity index (χ2n) is 26.1. The largest absolute Gasteiger partial charge is 0.416 e. The summed E-state index contributed by atoms with van der Waals surface area (Å²) in [6.45, 7) is 10.2. The molecule has 16 rings (SSSR count). The monoisotopic (exact) mass is 1280 g/mol. The van der Waals surface area contributed by atoms with Crippen LogP contribution < -0.4 is 9.80 Å². The van der Waals surface area contributed by atoms with Gasteiger partial charge in [-0.1, -0.05) is 286 Å². The third kappa shape index (κ3) is 11.3. The number of anilines is 6. The molecule has 2 nitrogen and oxygen atoms in total. The molecule has 0 amide bonds. The topological polar surface area (TPSA) is 6.48 Å². The average molecular weight is 1280 g/mol. The highest BCUT2D eigenvalue weighted by molar-refractivity contribution is 5.91. The molecule has 476 valence electrons. The number of nitrogens with zero attached hydrogens (tertiary/aromatic N) is 2. The molecule has 0 spiro atoms. The summed E-state index contributed by atoms with van der Waals surface area (Å²) in [5.41, 5.74) is 27.3. The van der Waals surface area contributed by atoms with Crippen LogP contribution in [-0.2, 0) is 29.8 Å². The first-order valence-corrected chi connectivity index (χ1v) is 33.7. The number of benzene rings is 14. The Morgan fingerprint density at radius 3 is 0.949 bits per heavy atom. The normalized spacial score (nSPS) is 14.9. The molecule has 0 fully saturated rings. The van der Waals surface area contributed by atoms with Crippen molar-refractivity contribution in [1.29, 1.82) is 0 Å². The Morgan fingerprint density at radius 2 is 0.606 bits per heavy atom. The number of alkyl halides is 3. The van der Waals surface area contributed by atoms with E-state index in [9.17, 15) is 13.2 Å². The minimum atomic E-state index is -4.49. The summed E-state index contributed by atoms with van der Waals surface area (Å²) in [7, 11) is 0. The molecule has 0 aliphatic heterocycles. The first-order chi connectivity index (χ1) is 48.4. The summed E-state index contributed by atoms with van der Waals surface area (Å²) < 4.78 is 43.2. The number of fused-ring (bicyclic) bond motifs is 6. The summed E-state index contributed by atoms with van der Waals surface area (Å²) in [6, 6.07) is 119. The Labute approximate surface area is 577 Å². The van der Waals surface area contributed by atoms with Gasteiger partial charge in [-0.05, 0) is 216 Å². The molecule has 14 aromatic rings. The van der Waals surface area contributed by atoms with Gasteiger partial charge < -0.3 is 9.80 Å². The molecule has 14 aromatic carbocycles. The number of hydrogen-bond acceptors (Lipinski definition) is 2. The third-order valence-electron chi connectivity index (χ3n) is 20.5. The van der Waals surface area contributed by atoms with Crippen LogP contribution in [0.25, 0.3) is 67.8 Å². The van der Waals surface area contributed by atoms with E-state index in [4.69, 9.17) is 0 Å². The van der Waals surface area contributed by atoms with Crippen LogP contribution >= 0.6 is 0 Å². The van der Waals surface area contributed by atoms with Crippen molar-refractivity contribution in [2.75, 3.05) is 9.80 Å². The molecule has 2 unspecified atom stereocenters. The summed E-state index contributed by atoms with van der Waals surface area (Å²) in [5.74, 6) is 0. The van der Waals surface area contributed by atoms with Crippen molar-refractivity contribution >= 4 is 46.3 Å². The summed E-state index contributed by atoms with van der Waals surface area (Å²) >= 11 is 0. The standard InChI is InChI=1S/C94H69F3N2/c1-4-65-26-30-67(31-27-65)62-92(75-42-24-64(3)25-43-75)88-22-14-12-20-84(88)86-58-56-82(60-90(86)92)98(78-48-34-71(35-49-78)69-16-8-6-9-17-69)80-52-38-73(39-53-80)74-40-54-81(55-41-74)99(79-50-36-72(37-51-79)70-18-10-7-11-19-70)83-57-59-87-85-21-13-15-23-89(85)93(91(87)61-83,63-68-32-28-66(5-2)29-33-68)76-44-46-77(47-45-76)94(95,96)97/h4-61H,1-2,62-63H2,3H3. The van der Waals surface area contributed by atoms with Crippen LogP contribution in [0, 0.1) is 6.92 Å². The highest BCUT2D eigenvalue weighted by Crippen LogP contribution is 2.58. The highest BCUT2D eigenvalue weighted by atomic mass is 19.4. The van der Waals surface area contributed by atoms with E-state index in [-0.39, 0.29) is 0 Å². The number of hydrogen-bond donors (Lipinski definition) is 0. The molecule has 0 bridgehead atoms. The fourth-order valence-electron chi connectivity index (χ4n) is 15.5. The van der Waals surface area contributed by atoms with Crippen molar-refractivity contribution in [3.8, 4) is 55.6 Å². The summed E-state index contributed by atoms with van der Waals surface area (Å²) in [5, 5.41) is 0. The lowest BCUT2D eigenvalue weighted by Gasteiger charge is -2.35. The molecule has 0 heterocycles. The lowest BCUT2D eigenvalue weighted by atomic mass is 9.68. The van der Waals surface area contributed by atoms with Crippen LogP contribution in [0.2, 0.25) is 0 Å². The second-order valence-corrected chi connectivity index (χ2v) is 26.1. The van der Waals surface area contributed by atoms with E-state index in [1.807, 2.05) is 30.4 Å². The Bertz CT molecular complexity index is 5280. The molecule has 2 aliphatic carbocycles. The lowest BCUT2D eigenvalue weighted by molar-refractivity contribution is -0.137. The minimum Gasteiger partial charge on any atom is -0.310 e. The predicted octanol–water partition coefficient (Wildman–Crippen LogP) is 25.4. The van der Waals surface area contributed by atoms with Crippen LogP contribution in [0.3, 0.4) is 0 Å². The van der Waals surface area contributed by atoms with Gasteiger partial charge >= 0.3 is 6.18 Å². The molecule has 5 heteroatoms. The van der Waals surface area contributed by atoms with Crippen molar-refractivity contribution in [1.82, 2.24) is 0 Å². The maximum atomic E-state index is 14.4. The van der Waals surface area contributed by atoms with Crippen molar-refractivity contribution in [3.63, 3.8) is 0 Å². The van der Waals surface area contributed by atoms with E-state index in [2.05, 4.69) is 327 Å². The number of rotatable bonds is 17.